The van der Waals surface area contributed by atoms with Gasteiger partial charge in [0, 0.05) is 11.5 Å². The second-order valence-corrected chi connectivity index (χ2v) is 10.6. The number of rotatable bonds is 7. The third kappa shape index (κ3) is 4.54. The van der Waals surface area contributed by atoms with Crippen molar-refractivity contribution in [3.8, 4) is 0 Å². The average molecular weight is 457 g/mol. The zero-order valence-corrected chi connectivity index (χ0v) is 19.3. The molecule has 0 radical (unpaired) electrons. The first kappa shape index (κ1) is 20.3. The fourth-order valence-corrected chi connectivity index (χ4v) is 6.63. The molecule has 0 saturated heterocycles. The number of hydrogen-bond donors (Lipinski definition) is 0. The Kier molecular flexibility index (Phi) is 6.07. The Morgan fingerprint density at radius 2 is 1.32 bits per heavy atom. The van der Waals surface area contributed by atoms with Gasteiger partial charge in [0.2, 0.25) is 0 Å². The fraction of sp³-hybridized carbons (Fsp3) is 0.0769. The van der Waals surface area contributed by atoms with Crippen LogP contribution in [-0.2, 0) is 11.5 Å². The van der Waals surface area contributed by atoms with Crippen molar-refractivity contribution in [2.75, 3.05) is 0 Å². The van der Waals surface area contributed by atoms with Gasteiger partial charge in [0.25, 0.3) is 0 Å². The van der Waals surface area contributed by atoms with Crippen LogP contribution < -0.4 is 0 Å². The van der Waals surface area contributed by atoms with Crippen LogP contribution in [0.15, 0.2) is 94.1 Å². The molecule has 2 nitrogen and oxygen atoms in total. The maximum Gasteiger partial charge on any atom is 0.175 e. The SMILES string of the molecule is C=Cc1ccc(CSc2nnc(SCc3c4ccccc4cc4ccccc34)s2)cc1. The lowest BCUT2D eigenvalue weighted by Crippen LogP contribution is -1.88. The lowest BCUT2D eigenvalue weighted by Gasteiger charge is -2.10. The van der Waals surface area contributed by atoms with Gasteiger partial charge in [0.05, 0.1) is 0 Å². The van der Waals surface area contributed by atoms with E-state index in [-0.39, 0.29) is 0 Å². The summed E-state index contributed by atoms with van der Waals surface area (Å²) in [6, 6.07) is 28.0. The summed E-state index contributed by atoms with van der Waals surface area (Å²) < 4.78 is 2.03. The molecule has 0 bridgehead atoms. The zero-order chi connectivity index (χ0) is 21.0. The number of hydrogen-bond acceptors (Lipinski definition) is 5. The highest BCUT2D eigenvalue weighted by atomic mass is 32.2. The van der Waals surface area contributed by atoms with E-state index in [2.05, 4.69) is 95.6 Å². The van der Waals surface area contributed by atoms with Gasteiger partial charge in [-0.1, -0.05) is 120 Å². The van der Waals surface area contributed by atoms with Gasteiger partial charge in [0.15, 0.2) is 8.68 Å². The van der Waals surface area contributed by atoms with Gasteiger partial charge in [-0.05, 0) is 44.3 Å². The Morgan fingerprint density at radius 3 is 1.94 bits per heavy atom. The number of benzene rings is 4. The minimum atomic E-state index is 0.879. The zero-order valence-electron chi connectivity index (χ0n) is 16.8. The number of nitrogens with zero attached hydrogens (tertiary/aromatic N) is 2. The van der Waals surface area contributed by atoms with Gasteiger partial charge in [-0.2, -0.15) is 0 Å². The summed E-state index contributed by atoms with van der Waals surface area (Å²) in [5.41, 5.74) is 3.79. The monoisotopic (exact) mass is 456 g/mol. The van der Waals surface area contributed by atoms with Crippen LogP contribution in [0.4, 0.5) is 0 Å². The minimum Gasteiger partial charge on any atom is -0.131 e. The summed E-state index contributed by atoms with van der Waals surface area (Å²) in [5.74, 6) is 1.77. The van der Waals surface area contributed by atoms with E-state index in [1.54, 1.807) is 34.9 Å². The molecule has 0 atom stereocenters. The summed E-state index contributed by atoms with van der Waals surface area (Å²) in [6.07, 6.45) is 1.87. The van der Waals surface area contributed by atoms with E-state index >= 15 is 0 Å². The van der Waals surface area contributed by atoms with Gasteiger partial charge in [0.1, 0.15) is 0 Å². The molecule has 0 aliphatic rings. The average Bonchev–Trinajstić information content (AvgIpc) is 3.28. The lowest BCUT2D eigenvalue weighted by atomic mass is 9.98. The summed E-state index contributed by atoms with van der Waals surface area (Å²) in [4.78, 5) is 0. The molecule has 31 heavy (non-hydrogen) atoms. The van der Waals surface area contributed by atoms with Crippen LogP contribution in [0.5, 0.6) is 0 Å². The highest BCUT2D eigenvalue weighted by Gasteiger charge is 2.11. The van der Waals surface area contributed by atoms with E-state index < -0.39 is 0 Å². The van der Waals surface area contributed by atoms with Gasteiger partial charge in [-0.25, -0.2) is 0 Å². The Hall–Kier alpha value is -2.60. The molecule has 0 N–H and O–H groups in total. The van der Waals surface area contributed by atoms with Crippen LogP contribution in [0.3, 0.4) is 0 Å². The van der Waals surface area contributed by atoms with E-state index in [4.69, 9.17) is 0 Å². The van der Waals surface area contributed by atoms with Crippen molar-refractivity contribution in [3.63, 3.8) is 0 Å². The van der Waals surface area contributed by atoms with Gasteiger partial charge in [-0.3, -0.25) is 0 Å². The molecule has 0 fully saturated rings. The van der Waals surface area contributed by atoms with Crippen molar-refractivity contribution in [2.45, 2.75) is 20.2 Å². The molecular weight excluding hydrogens is 437 g/mol. The molecule has 0 saturated carbocycles. The highest BCUT2D eigenvalue weighted by Crippen LogP contribution is 2.36. The second-order valence-electron chi connectivity index (χ2n) is 7.15. The van der Waals surface area contributed by atoms with Crippen molar-refractivity contribution in [2.24, 2.45) is 0 Å². The first-order valence-electron chi connectivity index (χ1n) is 10.00. The molecule has 0 aliphatic carbocycles. The Labute approximate surface area is 194 Å². The van der Waals surface area contributed by atoms with Crippen LogP contribution >= 0.6 is 34.9 Å². The minimum absolute atomic E-state index is 0.879. The maximum absolute atomic E-state index is 4.43. The Bertz CT molecular complexity index is 1300. The molecule has 0 aliphatic heterocycles. The molecule has 1 heterocycles. The van der Waals surface area contributed by atoms with Gasteiger partial charge < -0.3 is 0 Å². The topological polar surface area (TPSA) is 25.8 Å². The Morgan fingerprint density at radius 1 is 0.742 bits per heavy atom. The summed E-state index contributed by atoms with van der Waals surface area (Å²) in [7, 11) is 0. The predicted molar refractivity (Wildman–Crippen MR) is 137 cm³/mol. The highest BCUT2D eigenvalue weighted by molar-refractivity contribution is 8.02. The van der Waals surface area contributed by atoms with Gasteiger partial charge in [-0.15, -0.1) is 10.2 Å². The molecule has 0 unspecified atom stereocenters. The van der Waals surface area contributed by atoms with E-state index in [0.717, 1.165) is 25.7 Å². The first-order valence-corrected chi connectivity index (χ1v) is 12.8. The van der Waals surface area contributed by atoms with Crippen molar-refractivity contribution >= 4 is 62.5 Å². The summed E-state index contributed by atoms with van der Waals surface area (Å²) in [6.45, 7) is 3.81. The maximum atomic E-state index is 4.43. The van der Waals surface area contributed by atoms with E-state index in [1.165, 1.54) is 32.7 Å². The van der Waals surface area contributed by atoms with Crippen molar-refractivity contribution in [3.05, 3.63) is 102 Å². The normalized spacial score (nSPS) is 11.2. The Balaban J connectivity index is 1.32. The van der Waals surface area contributed by atoms with Crippen LogP contribution in [0.2, 0.25) is 0 Å². The predicted octanol–water partition coefficient (Wildman–Crippen LogP) is 8.07. The van der Waals surface area contributed by atoms with Crippen LogP contribution in [0.1, 0.15) is 16.7 Å². The third-order valence-electron chi connectivity index (χ3n) is 5.19. The van der Waals surface area contributed by atoms with Gasteiger partial charge >= 0.3 is 0 Å². The molecule has 1 aromatic heterocycles. The smallest absolute Gasteiger partial charge is 0.131 e. The molecule has 152 valence electrons. The molecule has 4 aromatic carbocycles. The van der Waals surface area contributed by atoms with Crippen molar-refractivity contribution < 1.29 is 0 Å². The quantitative estimate of drug-likeness (QED) is 0.183. The van der Waals surface area contributed by atoms with Crippen LogP contribution in [-0.4, -0.2) is 10.2 Å². The molecule has 5 aromatic rings. The third-order valence-corrected chi connectivity index (χ3v) is 8.48. The van der Waals surface area contributed by atoms with E-state index in [9.17, 15) is 0 Å². The standard InChI is InChI=1S/C26H20N2S3/c1-2-18-11-13-19(14-12-18)16-29-25-27-28-26(31-25)30-17-24-22-9-5-3-7-20(22)15-21-8-4-6-10-23(21)24/h2-15H,1,16-17H2. The van der Waals surface area contributed by atoms with Crippen molar-refractivity contribution in [1.82, 2.24) is 10.2 Å². The largest absolute Gasteiger partial charge is 0.175 e. The molecule has 0 amide bonds. The van der Waals surface area contributed by atoms with E-state index in [1.807, 2.05) is 6.08 Å². The van der Waals surface area contributed by atoms with E-state index in [0.29, 0.717) is 0 Å². The molecule has 5 rings (SSSR count). The second kappa shape index (κ2) is 9.27. The summed E-state index contributed by atoms with van der Waals surface area (Å²) >= 11 is 5.19. The summed E-state index contributed by atoms with van der Waals surface area (Å²) in [5, 5.41) is 14.0. The molecular formula is C26H20N2S3. The number of fused-ring (bicyclic) bond motifs is 2. The van der Waals surface area contributed by atoms with Crippen LogP contribution in [0.25, 0.3) is 27.6 Å². The lowest BCUT2D eigenvalue weighted by molar-refractivity contribution is 0.954. The first-order chi connectivity index (χ1) is 15.3. The molecule has 0 spiro atoms. The molecule has 5 heteroatoms. The van der Waals surface area contributed by atoms with Crippen LogP contribution in [0, 0.1) is 0 Å². The van der Waals surface area contributed by atoms with Crippen molar-refractivity contribution in [1.29, 1.82) is 0 Å². The number of aromatic nitrogens is 2. The fourth-order valence-electron chi connectivity index (χ4n) is 3.61. The number of thioether (sulfide) groups is 2.